The van der Waals surface area contributed by atoms with Crippen LogP contribution in [0.2, 0.25) is 5.02 Å². The van der Waals surface area contributed by atoms with Crippen LogP contribution in [0.15, 0.2) is 59.8 Å². The number of hydrogen-bond donors (Lipinski definition) is 0. The summed E-state index contributed by atoms with van der Waals surface area (Å²) in [7, 11) is 0. The van der Waals surface area contributed by atoms with Crippen LogP contribution < -0.4 is 0 Å². The Morgan fingerprint density at radius 1 is 1.16 bits per heavy atom. The van der Waals surface area contributed by atoms with Crippen molar-refractivity contribution in [1.29, 1.82) is 0 Å². The van der Waals surface area contributed by atoms with Crippen molar-refractivity contribution in [2.24, 2.45) is 5.16 Å². The first kappa shape index (κ1) is 19.1. The van der Waals surface area contributed by atoms with Crippen molar-refractivity contribution in [3.63, 3.8) is 0 Å². The van der Waals surface area contributed by atoms with Crippen LogP contribution in [0, 0.1) is 0 Å². The van der Waals surface area contributed by atoms with Gasteiger partial charge in [-0.1, -0.05) is 60.1 Å². The maximum atomic E-state index is 13.2. The number of alkyl halides is 3. The molecule has 0 atom stereocenters. The first-order valence-electron chi connectivity index (χ1n) is 7.69. The lowest BCUT2D eigenvalue weighted by Gasteiger charge is -2.14. The molecule has 0 saturated heterocycles. The molecule has 0 aliphatic heterocycles. The fourth-order valence-corrected chi connectivity index (χ4v) is 2.39. The van der Waals surface area contributed by atoms with E-state index in [1.54, 1.807) is 13.0 Å². The van der Waals surface area contributed by atoms with Crippen LogP contribution in [0.25, 0.3) is 6.08 Å². The van der Waals surface area contributed by atoms with Gasteiger partial charge in [0.25, 0.3) is 0 Å². The molecule has 0 saturated carbocycles. The van der Waals surface area contributed by atoms with E-state index in [-0.39, 0.29) is 29.3 Å². The maximum Gasteiger partial charge on any atom is 0.417 e. The molecule has 2 aromatic carbocycles. The molecule has 0 aliphatic rings. The highest BCUT2D eigenvalue weighted by molar-refractivity contribution is 6.31. The second kappa shape index (κ2) is 8.72. The molecule has 2 nitrogen and oxygen atoms in total. The highest BCUT2D eigenvalue weighted by Gasteiger charge is 2.34. The molecule has 0 fully saturated rings. The molecule has 0 radical (unpaired) electrons. The molecule has 0 heterocycles. The fraction of sp³-hybridized carbons (Fsp3) is 0.211. The lowest BCUT2D eigenvalue weighted by molar-refractivity contribution is -0.137. The molecule has 0 aliphatic carbocycles. The first-order valence-corrected chi connectivity index (χ1v) is 8.07. The van der Waals surface area contributed by atoms with Crippen LogP contribution in [0.4, 0.5) is 13.2 Å². The van der Waals surface area contributed by atoms with Gasteiger partial charge in [0.15, 0.2) is 0 Å². The van der Waals surface area contributed by atoms with E-state index >= 15 is 0 Å². The molecule has 25 heavy (non-hydrogen) atoms. The summed E-state index contributed by atoms with van der Waals surface area (Å²) >= 11 is 5.85. The molecule has 6 heteroatoms. The van der Waals surface area contributed by atoms with E-state index in [0.717, 1.165) is 11.6 Å². The third-order valence-electron chi connectivity index (χ3n) is 3.39. The predicted molar refractivity (Wildman–Crippen MR) is 94.7 cm³/mol. The van der Waals surface area contributed by atoms with Gasteiger partial charge < -0.3 is 4.84 Å². The largest absolute Gasteiger partial charge is 0.417 e. The van der Waals surface area contributed by atoms with Crippen molar-refractivity contribution < 1.29 is 18.0 Å². The van der Waals surface area contributed by atoms with Crippen LogP contribution in [0.3, 0.4) is 0 Å². The zero-order valence-electron chi connectivity index (χ0n) is 13.6. The molecule has 0 amide bonds. The third-order valence-corrected chi connectivity index (χ3v) is 3.62. The van der Waals surface area contributed by atoms with E-state index in [2.05, 4.69) is 5.16 Å². The van der Waals surface area contributed by atoms with Gasteiger partial charge in [0.05, 0.1) is 11.3 Å². The van der Waals surface area contributed by atoms with E-state index in [0.29, 0.717) is 0 Å². The summed E-state index contributed by atoms with van der Waals surface area (Å²) in [6, 6.07) is 13.0. The number of oxime groups is 1. The predicted octanol–water partition coefficient (Wildman–Crippen LogP) is 6.20. The van der Waals surface area contributed by atoms with E-state index in [1.165, 1.54) is 12.1 Å². The van der Waals surface area contributed by atoms with Gasteiger partial charge in [-0.3, -0.25) is 0 Å². The molecule has 0 aromatic heterocycles. The van der Waals surface area contributed by atoms with Crippen molar-refractivity contribution in [3.05, 3.63) is 76.3 Å². The Labute approximate surface area is 149 Å². The van der Waals surface area contributed by atoms with Crippen LogP contribution in [-0.4, -0.2) is 12.3 Å². The number of rotatable bonds is 6. The molecule has 0 spiro atoms. The number of hydrogen-bond acceptors (Lipinski definition) is 2. The zero-order chi connectivity index (χ0) is 18.3. The van der Waals surface area contributed by atoms with Crippen molar-refractivity contribution >= 4 is 23.4 Å². The lowest BCUT2D eigenvalue weighted by Crippen LogP contribution is -2.13. The summed E-state index contributed by atoms with van der Waals surface area (Å²) < 4.78 is 39.5. The van der Waals surface area contributed by atoms with Gasteiger partial charge in [-0.2, -0.15) is 13.2 Å². The monoisotopic (exact) mass is 367 g/mol. The summed E-state index contributed by atoms with van der Waals surface area (Å²) in [6.45, 7) is 1.86. The van der Waals surface area contributed by atoms with Crippen LogP contribution >= 0.6 is 11.6 Å². The van der Waals surface area contributed by atoms with E-state index in [4.69, 9.17) is 16.4 Å². The smallest absolute Gasteiger partial charge is 0.391 e. The van der Waals surface area contributed by atoms with Gasteiger partial charge in [0.1, 0.15) is 6.61 Å². The molecule has 0 bridgehead atoms. The van der Waals surface area contributed by atoms with Gasteiger partial charge in [-0.25, -0.2) is 0 Å². The second-order valence-corrected chi connectivity index (χ2v) is 5.62. The van der Waals surface area contributed by atoms with Gasteiger partial charge in [0.2, 0.25) is 0 Å². The Bertz CT molecular complexity index is 755. The number of benzene rings is 2. The van der Waals surface area contributed by atoms with Gasteiger partial charge in [0, 0.05) is 10.6 Å². The van der Waals surface area contributed by atoms with Gasteiger partial charge in [-0.05, 0) is 36.3 Å². The average molecular weight is 368 g/mol. The van der Waals surface area contributed by atoms with Crippen LogP contribution in [0.1, 0.15) is 30.0 Å². The Balaban J connectivity index is 2.13. The van der Waals surface area contributed by atoms with Gasteiger partial charge >= 0.3 is 6.18 Å². The SMILES string of the molecule is CCC(=NOCC=Cc1ccccc1)c1cc(Cl)ccc1C(F)(F)F. The van der Waals surface area contributed by atoms with Gasteiger partial charge in [-0.15, -0.1) is 0 Å². The minimum Gasteiger partial charge on any atom is -0.391 e. The third kappa shape index (κ3) is 5.64. The standard InChI is InChI=1S/C19H17ClF3NO/c1-2-18(16-13-15(20)10-11-17(16)19(21,22)23)24-25-12-6-9-14-7-4-3-5-8-14/h3-11,13H,2,12H2,1H3. The number of halogens is 4. The van der Waals surface area contributed by atoms with Crippen molar-refractivity contribution in [2.75, 3.05) is 6.61 Å². The Kier molecular flexibility index (Phi) is 6.65. The summed E-state index contributed by atoms with van der Waals surface area (Å²) in [5.41, 5.74) is 0.360. The zero-order valence-corrected chi connectivity index (χ0v) is 14.3. The maximum absolute atomic E-state index is 13.2. The molecule has 2 aromatic rings. The van der Waals surface area contributed by atoms with Crippen LogP contribution in [0.5, 0.6) is 0 Å². The Hall–Kier alpha value is -2.27. The van der Waals surface area contributed by atoms with Crippen molar-refractivity contribution in [3.8, 4) is 0 Å². The van der Waals surface area contributed by atoms with E-state index < -0.39 is 11.7 Å². The summed E-state index contributed by atoms with van der Waals surface area (Å²) in [5, 5.41) is 4.08. The summed E-state index contributed by atoms with van der Waals surface area (Å²) in [5.74, 6) is 0. The minimum absolute atomic E-state index is 0.0606. The quantitative estimate of drug-likeness (QED) is 0.338. The second-order valence-electron chi connectivity index (χ2n) is 5.19. The highest BCUT2D eigenvalue weighted by Crippen LogP contribution is 2.34. The van der Waals surface area contributed by atoms with E-state index in [1.807, 2.05) is 36.4 Å². The molecule has 2 rings (SSSR count). The first-order chi connectivity index (χ1) is 11.9. The lowest BCUT2D eigenvalue weighted by atomic mass is 10.0. The Morgan fingerprint density at radius 3 is 2.52 bits per heavy atom. The fourth-order valence-electron chi connectivity index (χ4n) is 2.21. The molecular formula is C19H17ClF3NO. The van der Waals surface area contributed by atoms with Crippen LogP contribution in [-0.2, 0) is 11.0 Å². The molecule has 132 valence electrons. The van der Waals surface area contributed by atoms with Crippen molar-refractivity contribution in [1.82, 2.24) is 0 Å². The highest BCUT2D eigenvalue weighted by atomic mass is 35.5. The Morgan fingerprint density at radius 2 is 1.88 bits per heavy atom. The normalized spacial score (nSPS) is 12.6. The topological polar surface area (TPSA) is 21.6 Å². The molecular weight excluding hydrogens is 351 g/mol. The molecule has 0 N–H and O–H groups in total. The summed E-state index contributed by atoms with van der Waals surface area (Å²) in [4.78, 5) is 5.16. The average Bonchev–Trinajstić information content (AvgIpc) is 2.58. The van der Waals surface area contributed by atoms with Crippen molar-refractivity contribution in [2.45, 2.75) is 19.5 Å². The molecule has 0 unspecified atom stereocenters. The number of nitrogens with zero attached hydrogens (tertiary/aromatic N) is 1. The summed E-state index contributed by atoms with van der Waals surface area (Å²) in [6.07, 6.45) is -0.606. The van der Waals surface area contributed by atoms with E-state index in [9.17, 15) is 13.2 Å². The minimum atomic E-state index is -4.48.